The van der Waals surface area contributed by atoms with Crippen molar-refractivity contribution in [2.75, 3.05) is 5.32 Å². The molecule has 0 atom stereocenters. The van der Waals surface area contributed by atoms with Crippen LogP contribution in [0.1, 0.15) is 11.4 Å². The lowest BCUT2D eigenvalue weighted by Gasteiger charge is -2.09. The zero-order valence-corrected chi connectivity index (χ0v) is 11.3. The molecule has 1 N–H and O–H groups in total. The number of aromatic nitrogens is 3. The summed E-state index contributed by atoms with van der Waals surface area (Å²) in [5, 5.41) is 3.34. The number of rotatable bonds is 4. The van der Waals surface area contributed by atoms with Gasteiger partial charge in [0.2, 0.25) is 5.95 Å². The van der Waals surface area contributed by atoms with Crippen LogP contribution in [0.2, 0.25) is 0 Å². The van der Waals surface area contributed by atoms with E-state index in [-0.39, 0.29) is 0 Å². The number of para-hydroxylation sites is 1. The van der Waals surface area contributed by atoms with Crippen LogP contribution in [0.15, 0.2) is 60.9 Å². The van der Waals surface area contributed by atoms with E-state index in [1.54, 1.807) is 0 Å². The molecule has 4 nitrogen and oxygen atoms in total. The summed E-state index contributed by atoms with van der Waals surface area (Å²) < 4.78 is 2.07. The molecule has 0 amide bonds. The number of imidazole rings is 1. The highest BCUT2D eigenvalue weighted by molar-refractivity contribution is 5.53. The van der Waals surface area contributed by atoms with Crippen LogP contribution < -0.4 is 5.32 Å². The fourth-order valence-electron chi connectivity index (χ4n) is 2.08. The molecular formula is C16H16N4. The zero-order valence-electron chi connectivity index (χ0n) is 11.3. The highest BCUT2D eigenvalue weighted by atomic mass is 15.2. The molecule has 3 rings (SSSR count). The number of hydrogen-bond acceptors (Lipinski definition) is 3. The molecule has 0 fully saturated rings. The fraction of sp³-hybridized carbons (Fsp3) is 0.125. The van der Waals surface area contributed by atoms with E-state index in [0.29, 0.717) is 6.54 Å². The quantitative estimate of drug-likeness (QED) is 0.785. The van der Waals surface area contributed by atoms with E-state index in [1.807, 2.05) is 67.8 Å². The van der Waals surface area contributed by atoms with Gasteiger partial charge in [-0.1, -0.05) is 24.3 Å². The monoisotopic (exact) mass is 264 g/mol. The maximum absolute atomic E-state index is 4.53. The Kier molecular flexibility index (Phi) is 3.46. The highest BCUT2D eigenvalue weighted by Crippen LogP contribution is 2.16. The maximum atomic E-state index is 4.53. The van der Waals surface area contributed by atoms with Crippen molar-refractivity contribution in [3.63, 3.8) is 0 Å². The standard InChI is InChI=1S/C16H16N4/c1-13-11-20(12-15-9-5-6-10-17-15)16(18-13)19-14-7-3-2-4-8-14/h2-11H,12H2,1H3,(H,18,19). The molecule has 0 aliphatic heterocycles. The Morgan fingerprint density at radius 3 is 2.60 bits per heavy atom. The van der Waals surface area contributed by atoms with E-state index in [2.05, 4.69) is 19.9 Å². The van der Waals surface area contributed by atoms with Gasteiger partial charge >= 0.3 is 0 Å². The van der Waals surface area contributed by atoms with Gasteiger partial charge in [0.15, 0.2) is 0 Å². The highest BCUT2D eigenvalue weighted by Gasteiger charge is 2.06. The Morgan fingerprint density at radius 1 is 1.05 bits per heavy atom. The molecule has 0 saturated heterocycles. The van der Waals surface area contributed by atoms with Crippen LogP contribution in [0, 0.1) is 6.92 Å². The van der Waals surface area contributed by atoms with Crippen molar-refractivity contribution in [3.8, 4) is 0 Å². The lowest BCUT2D eigenvalue weighted by molar-refractivity contribution is 0.782. The minimum atomic E-state index is 0.705. The van der Waals surface area contributed by atoms with Gasteiger partial charge in [-0.05, 0) is 31.2 Å². The number of aryl methyl sites for hydroxylation is 1. The average molecular weight is 264 g/mol. The Balaban J connectivity index is 1.85. The number of benzene rings is 1. The Hall–Kier alpha value is -2.62. The van der Waals surface area contributed by atoms with Crippen molar-refractivity contribution >= 4 is 11.6 Å². The summed E-state index contributed by atoms with van der Waals surface area (Å²) in [6.45, 7) is 2.70. The van der Waals surface area contributed by atoms with Gasteiger partial charge in [-0.3, -0.25) is 4.98 Å². The first-order chi connectivity index (χ1) is 9.81. The summed E-state index contributed by atoms with van der Waals surface area (Å²) in [4.78, 5) is 8.88. The first kappa shape index (κ1) is 12.4. The molecule has 20 heavy (non-hydrogen) atoms. The van der Waals surface area contributed by atoms with Crippen molar-refractivity contribution in [3.05, 3.63) is 72.3 Å². The van der Waals surface area contributed by atoms with Crippen molar-refractivity contribution in [1.82, 2.24) is 14.5 Å². The predicted molar refractivity (Wildman–Crippen MR) is 80.0 cm³/mol. The number of pyridine rings is 1. The number of anilines is 2. The minimum Gasteiger partial charge on any atom is -0.326 e. The van der Waals surface area contributed by atoms with Crippen molar-refractivity contribution in [1.29, 1.82) is 0 Å². The van der Waals surface area contributed by atoms with Crippen LogP contribution in [0.3, 0.4) is 0 Å². The summed E-state index contributed by atoms with van der Waals surface area (Å²) in [5.74, 6) is 0.833. The van der Waals surface area contributed by atoms with Gasteiger partial charge in [-0.15, -0.1) is 0 Å². The van der Waals surface area contributed by atoms with Crippen molar-refractivity contribution in [2.24, 2.45) is 0 Å². The van der Waals surface area contributed by atoms with Crippen molar-refractivity contribution in [2.45, 2.75) is 13.5 Å². The zero-order chi connectivity index (χ0) is 13.8. The molecule has 0 aliphatic carbocycles. The molecule has 2 heterocycles. The van der Waals surface area contributed by atoms with E-state index in [1.165, 1.54) is 0 Å². The number of nitrogens with zero attached hydrogens (tertiary/aromatic N) is 3. The third kappa shape index (κ3) is 2.85. The molecular weight excluding hydrogens is 248 g/mol. The second-order valence-corrected chi connectivity index (χ2v) is 4.65. The summed E-state index contributed by atoms with van der Waals surface area (Å²) in [7, 11) is 0. The van der Waals surface area contributed by atoms with Crippen LogP contribution in [0.5, 0.6) is 0 Å². The number of nitrogens with one attached hydrogen (secondary N) is 1. The summed E-state index contributed by atoms with van der Waals surface area (Å²) >= 11 is 0. The van der Waals surface area contributed by atoms with Gasteiger partial charge in [0.05, 0.1) is 17.9 Å². The minimum absolute atomic E-state index is 0.705. The molecule has 0 unspecified atom stereocenters. The van der Waals surface area contributed by atoms with E-state index >= 15 is 0 Å². The van der Waals surface area contributed by atoms with Gasteiger partial charge in [0, 0.05) is 18.1 Å². The molecule has 0 bridgehead atoms. The molecule has 4 heteroatoms. The fourth-order valence-corrected chi connectivity index (χ4v) is 2.08. The molecule has 3 aromatic rings. The Bertz CT molecular complexity index is 615. The molecule has 0 saturated carbocycles. The normalized spacial score (nSPS) is 10.4. The summed E-state index contributed by atoms with van der Waals surface area (Å²) in [5.41, 5.74) is 3.03. The van der Waals surface area contributed by atoms with Gasteiger partial charge in [0.1, 0.15) is 0 Å². The predicted octanol–water partition coefficient (Wildman–Crippen LogP) is 3.38. The summed E-state index contributed by atoms with van der Waals surface area (Å²) in [6.07, 6.45) is 3.84. The van der Waals surface area contributed by atoms with Gasteiger partial charge < -0.3 is 9.88 Å². The molecule has 0 aliphatic rings. The topological polar surface area (TPSA) is 42.7 Å². The van der Waals surface area contributed by atoms with Gasteiger partial charge in [0.25, 0.3) is 0 Å². The molecule has 0 spiro atoms. The van der Waals surface area contributed by atoms with Crippen LogP contribution in [-0.2, 0) is 6.54 Å². The molecule has 2 aromatic heterocycles. The summed E-state index contributed by atoms with van der Waals surface area (Å²) in [6, 6.07) is 16.0. The van der Waals surface area contributed by atoms with Gasteiger partial charge in [-0.2, -0.15) is 0 Å². The second-order valence-electron chi connectivity index (χ2n) is 4.65. The SMILES string of the molecule is Cc1cn(Cc2ccccn2)c(Nc2ccccc2)n1. The Morgan fingerprint density at radius 2 is 1.85 bits per heavy atom. The third-order valence-electron chi connectivity index (χ3n) is 2.99. The van der Waals surface area contributed by atoms with Crippen LogP contribution >= 0.6 is 0 Å². The Labute approximate surface area is 118 Å². The lowest BCUT2D eigenvalue weighted by Crippen LogP contribution is -2.05. The van der Waals surface area contributed by atoms with Crippen LogP contribution in [0.4, 0.5) is 11.6 Å². The second kappa shape index (κ2) is 5.57. The third-order valence-corrected chi connectivity index (χ3v) is 2.99. The molecule has 100 valence electrons. The maximum Gasteiger partial charge on any atom is 0.207 e. The molecule has 1 aromatic carbocycles. The van der Waals surface area contributed by atoms with Crippen molar-refractivity contribution < 1.29 is 0 Å². The van der Waals surface area contributed by atoms with E-state index < -0.39 is 0 Å². The van der Waals surface area contributed by atoms with Gasteiger partial charge in [-0.25, -0.2) is 4.98 Å². The first-order valence-corrected chi connectivity index (χ1v) is 6.57. The first-order valence-electron chi connectivity index (χ1n) is 6.57. The van der Waals surface area contributed by atoms with E-state index in [9.17, 15) is 0 Å². The van der Waals surface area contributed by atoms with E-state index in [4.69, 9.17) is 0 Å². The van der Waals surface area contributed by atoms with Crippen LogP contribution in [-0.4, -0.2) is 14.5 Å². The average Bonchev–Trinajstić information content (AvgIpc) is 2.81. The smallest absolute Gasteiger partial charge is 0.207 e. The van der Waals surface area contributed by atoms with E-state index in [0.717, 1.165) is 23.0 Å². The number of hydrogen-bond donors (Lipinski definition) is 1. The molecule has 0 radical (unpaired) electrons. The lowest BCUT2D eigenvalue weighted by atomic mass is 10.3. The van der Waals surface area contributed by atoms with Crippen LogP contribution in [0.25, 0.3) is 0 Å². The largest absolute Gasteiger partial charge is 0.326 e.